The topological polar surface area (TPSA) is 26.3 Å². The minimum Gasteiger partial charge on any atom is -0.381 e. The Morgan fingerprint density at radius 3 is 2.38 bits per heavy atom. The number of alkyl halides is 3. The molecule has 0 bridgehead atoms. The van der Waals surface area contributed by atoms with Gasteiger partial charge in [0.1, 0.15) is 6.29 Å². The molecule has 0 radical (unpaired) electrons. The van der Waals surface area contributed by atoms with Crippen molar-refractivity contribution in [2.75, 3.05) is 7.11 Å². The average molecular weight is 198 g/mol. The van der Waals surface area contributed by atoms with Crippen LogP contribution >= 0.6 is 0 Å². The van der Waals surface area contributed by atoms with Gasteiger partial charge >= 0.3 is 6.18 Å². The molecule has 0 saturated heterocycles. The zero-order chi connectivity index (χ0) is 10.3. The fraction of sp³-hybridized carbons (Fsp3) is 0.875. The molecule has 0 aliphatic carbocycles. The third-order valence-corrected chi connectivity index (χ3v) is 1.69. The lowest BCUT2D eigenvalue weighted by atomic mass is 10.1. The molecule has 5 heteroatoms. The maximum atomic E-state index is 11.7. The van der Waals surface area contributed by atoms with E-state index in [2.05, 4.69) is 0 Å². The van der Waals surface area contributed by atoms with E-state index in [9.17, 15) is 18.0 Å². The predicted octanol–water partition coefficient (Wildman–Crippen LogP) is 2.32. The fourth-order valence-electron chi connectivity index (χ4n) is 0.959. The third-order valence-electron chi connectivity index (χ3n) is 1.69. The molecule has 0 saturated carbocycles. The lowest BCUT2D eigenvalue weighted by Gasteiger charge is -2.14. The summed E-state index contributed by atoms with van der Waals surface area (Å²) in [4.78, 5) is 9.95. The van der Waals surface area contributed by atoms with Crippen LogP contribution in [0.4, 0.5) is 13.2 Å². The Morgan fingerprint density at radius 2 is 2.00 bits per heavy atom. The Kier molecular flexibility index (Phi) is 5.70. The van der Waals surface area contributed by atoms with E-state index >= 15 is 0 Å². The van der Waals surface area contributed by atoms with Crippen LogP contribution in [-0.2, 0) is 9.53 Å². The molecule has 0 aromatic carbocycles. The van der Waals surface area contributed by atoms with Gasteiger partial charge in [-0.25, -0.2) is 0 Å². The zero-order valence-corrected chi connectivity index (χ0v) is 7.43. The van der Waals surface area contributed by atoms with Crippen molar-refractivity contribution in [1.82, 2.24) is 0 Å². The highest BCUT2D eigenvalue weighted by atomic mass is 19.4. The van der Waals surface area contributed by atoms with Gasteiger partial charge in [0.2, 0.25) is 0 Å². The third kappa shape index (κ3) is 7.77. The first-order valence-corrected chi connectivity index (χ1v) is 4.02. The Bertz CT molecular complexity index is 145. The van der Waals surface area contributed by atoms with Crippen LogP contribution in [0, 0.1) is 0 Å². The van der Waals surface area contributed by atoms with Crippen LogP contribution in [0.3, 0.4) is 0 Å². The lowest BCUT2D eigenvalue weighted by Crippen LogP contribution is -2.16. The van der Waals surface area contributed by atoms with Crippen LogP contribution in [0.2, 0.25) is 0 Å². The van der Waals surface area contributed by atoms with Gasteiger partial charge in [-0.2, -0.15) is 13.2 Å². The summed E-state index contributed by atoms with van der Waals surface area (Å²) in [5, 5.41) is 0. The average Bonchev–Trinajstić information content (AvgIpc) is 2.03. The van der Waals surface area contributed by atoms with Gasteiger partial charge in [-0.1, -0.05) is 0 Å². The molecule has 0 aromatic heterocycles. The molecule has 0 amide bonds. The van der Waals surface area contributed by atoms with E-state index in [-0.39, 0.29) is 12.8 Å². The SMILES string of the molecule is CO[C@H](CCC=O)CCC(F)(F)F. The van der Waals surface area contributed by atoms with Crippen molar-refractivity contribution in [2.24, 2.45) is 0 Å². The van der Waals surface area contributed by atoms with Gasteiger partial charge in [0.15, 0.2) is 0 Å². The largest absolute Gasteiger partial charge is 0.389 e. The number of aldehydes is 1. The number of carbonyl (C=O) groups is 1. The van der Waals surface area contributed by atoms with Crippen molar-refractivity contribution in [1.29, 1.82) is 0 Å². The number of halogens is 3. The molecule has 0 rings (SSSR count). The van der Waals surface area contributed by atoms with Crippen molar-refractivity contribution >= 4 is 6.29 Å². The summed E-state index contributed by atoms with van der Waals surface area (Å²) in [7, 11) is 1.35. The summed E-state index contributed by atoms with van der Waals surface area (Å²) in [6.07, 6.45) is -4.26. The minimum absolute atomic E-state index is 0.0756. The molecular formula is C8H13F3O2. The number of ether oxygens (including phenoxy) is 1. The van der Waals surface area contributed by atoms with Gasteiger partial charge in [0, 0.05) is 20.0 Å². The van der Waals surface area contributed by atoms with Crippen molar-refractivity contribution in [3.63, 3.8) is 0 Å². The molecule has 13 heavy (non-hydrogen) atoms. The number of hydrogen-bond acceptors (Lipinski definition) is 2. The molecular weight excluding hydrogens is 185 g/mol. The molecule has 0 heterocycles. The molecule has 1 atom stereocenters. The first kappa shape index (κ1) is 12.4. The van der Waals surface area contributed by atoms with Crippen molar-refractivity contribution in [3.8, 4) is 0 Å². The van der Waals surface area contributed by atoms with Crippen LogP contribution in [0.5, 0.6) is 0 Å². The number of methoxy groups -OCH3 is 1. The van der Waals surface area contributed by atoms with Crippen LogP contribution in [0.25, 0.3) is 0 Å². The van der Waals surface area contributed by atoms with Crippen LogP contribution in [0.1, 0.15) is 25.7 Å². The molecule has 2 nitrogen and oxygen atoms in total. The summed E-state index contributed by atoms with van der Waals surface area (Å²) in [5.41, 5.74) is 0. The molecule has 0 aromatic rings. The van der Waals surface area contributed by atoms with Crippen molar-refractivity contribution in [3.05, 3.63) is 0 Å². The van der Waals surface area contributed by atoms with Crippen molar-refractivity contribution < 1.29 is 22.7 Å². The van der Waals surface area contributed by atoms with Crippen LogP contribution in [0.15, 0.2) is 0 Å². The first-order valence-electron chi connectivity index (χ1n) is 4.02. The van der Waals surface area contributed by atoms with E-state index in [4.69, 9.17) is 4.74 Å². The predicted molar refractivity (Wildman–Crippen MR) is 41.4 cm³/mol. The van der Waals surface area contributed by atoms with Gasteiger partial charge in [0.05, 0.1) is 6.10 Å². The highest BCUT2D eigenvalue weighted by Gasteiger charge is 2.28. The van der Waals surface area contributed by atoms with Gasteiger partial charge in [-0.3, -0.25) is 0 Å². The Morgan fingerprint density at radius 1 is 1.38 bits per heavy atom. The summed E-state index contributed by atoms with van der Waals surface area (Å²) in [6.45, 7) is 0. The Balaban J connectivity index is 3.65. The van der Waals surface area contributed by atoms with Gasteiger partial charge < -0.3 is 9.53 Å². The standard InChI is InChI=1S/C8H13F3O2/c1-13-7(3-2-6-12)4-5-8(9,10)11/h6-7H,2-5H2,1H3/t7-/m1/s1. The minimum atomic E-state index is -4.14. The summed E-state index contributed by atoms with van der Waals surface area (Å²) in [5.74, 6) is 0. The molecule has 0 fully saturated rings. The van der Waals surface area contributed by atoms with E-state index in [1.807, 2.05) is 0 Å². The Labute approximate surface area is 75.1 Å². The van der Waals surface area contributed by atoms with E-state index < -0.39 is 18.7 Å². The van der Waals surface area contributed by atoms with E-state index in [1.54, 1.807) is 0 Å². The second-order valence-electron chi connectivity index (χ2n) is 2.76. The van der Waals surface area contributed by atoms with Gasteiger partial charge in [-0.15, -0.1) is 0 Å². The van der Waals surface area contributed by atoms with Gasteiger partial charge in [0.25, 0.3) is 0 Å². The Hall–Kier alpha value is -0.580. The fourth-order valence-corrected chi connectivity index (χ4v) is 0.959. The number of hydrogen-bond donors (Lipinski definition) is 0. The zero-order valence-electron chi connectivity index (χ0n) is 7.43. The quantitative estimate of drug-likeness (QED) is 0.612. The summed E-state index contributed by atoms with van der Waals surface area (Å²) in [6, 6.07) is 0. The smallest absolute Gasteiger partial charge is 0.381 e. The monoisotopic (exact) mass is 198 g/mol. The molecule has 78 valence electrons. The normalized spacial score (nSPS) is 14.2. The summed E-state index contributed by atoms with van der Waals surface area (Å²) >= 11 is 0. The van der Waals surface area contributed by atoms with Crippen molar-refractivity contribution in [2.45, 2.75) is 38.0 Å². The van der Waals surface area contributed by atoms with E-state index in [1.165, 1.54) is 7.11 Å². The molecule has 0 spiro atoms. The van der Waals surface area contributed by atoms with Gasteiger partial charge in [-0.05, 0) is 12.8 Å². The highest BCUT2D eigenvalue weighted by molar-refractivity contribution is 5.49. The maximum Gasteiger partial charge on any atom is 0.389 e. The van der Waals surface area contributed by atoms with E-state index in [0.29, 0.717) is 12.7 Å². The maximum absolute atomic E-state index is 11.7. The second kappa shape index (κ2) is 5.96. The first-order chi connectivity index (χ1) is 5.99. The second-order valence-corrected chi connectivity index (χ2v) is 2.76. The summed E-state index contributed by atoms with van der Waals surface area (Å²) < 4.78 is 40.0. The van der Waals surface area contributed by atoms with E-state index in [0.717, 1.165) is 0 Å². The molecule has 0 aliphatic heterocycles. The number of carbonyl (C=O) groups excluding carboxylic acids is 1. The molecule has 0 unspecified atom stereocenters. The molecule has 0 aliphatic rings. The van der Waals surface area contributed by atoms with Crippen LogP contribution in [-0.4, -0.2) is 25.7 Å². The van der Waals surface area contributed by atoms with Crippen LogP contribution < -0.4 is 0 Å². The number of rotatable bonds is 6. The highest BCUT2D eigenvalue weighted by Crippen LogP contribution is 2.23. The lowest BCUT2D eigenvalue weighted by molar-refractivity contribution is -0.141. The molecule has 0 N–H and O–H groups in total.